The van der Waals surface area contributed by atoms with Gasteiger partial charge in [0.05, 0.1) is 0 Å². The zero-order chi connectivity index (χ0) is 15.5. The van der Waals surface area contributed by atoms with Gasteiger partial charge in [0.15, 0.2) is 0 Å². The van der Waals surface area contributed by atoms with Crippen LogP contribution in [0.5, 0.6) is 0 Å². The van der Waals surface area contributed by atoms with Crippen molar-refractivity contribution in [2.75, 3.05) is 32.8 Å². The molecule has 1 amide bonds. The molecule has 0 aromatic carbocycles. The molecule has 0 aliphatic carbocycles. The van der Waals surface area contributed by atoms with E-state index in [1.54, 1.807) is 0 Å². The summed E-state index contributed by atoms with van der Waals surface area (Å²) in [4.78, 5) is 16.4. The van der Waals surface area contributed by atoms with Gasteiger partial charge in [0.25, 0.3) is 0 Å². The third-order valence-corrected chi connectivity index (χ3v) is 4.44. The minimum atomic E-state index is -0.421. The van der Waals surface area contributed by atoms with E-state index < -0.39 is 5.60 Å². The van der Waals surface area contributed by atoms with Crippen LogP contribution in [0.1, 0.15) is 46.5 Å². The highest BCUT2D eigenvalue weighted by Gasteiger charge is 2.31. The molecule has 1 unspecified atom stereocenters. The first kappa shape index (κ1) is 16.6. The van der Waals surface area contributed by atoms with Crippen molar-refractivity contribution in [1.29, 1.82) is 0 Å². The van der Waals surface area contributed by atoms with Gasteiger partial charge in [-0.05, 0) is 58.9 Å². The molecule has 0 spiro atoms. The highest BCUT2D eigenvalue weighted by Crippen LogP contribution is 2.24. The Hall–Kier alpha value is -0.810. The number of ether oxygens (including phenoxy) is 1. The van der Waals surface area contributed by atoms with Gasteiger partial charge in [-0.1, -0.05) is 0 Å². The van der Waals surface area contributed by atoms with Crippen LogP contribution in [0.2, 0.25) is 0 Å². The van der Waals surface area contributed by atoms with E-state index in [1.807, 2.05) is 25.7 Å². The highest BCUT2D eigenvalue weighted by atomic mass is 16.6. The molecule has 0 radical (unpaired) electrons. The van der Waals surface area contributed by atoms with Crippen molar-refractivity contribution in [2.45, 2.75) is 58.1 Å². The smallest absolute Gasteiger partial charge is 0.410 e. The van der Waals surface area contributed by atoms with Crippen LogP contribution < -0.4 is 0 Å². The topological polar surface area (TPSA) is 53.0 Å². The predicted molar refractivity (Wildman–Crippen MR) is 82.2 cm³/mol. The van der Waals surface area contributed by atoms with Gasteiger partial charge in [0, 0.05) is 32.3 Å². The summed E-state index contributed by atoms with van der Waals surface area (Å²) in [5.41, 5.74) is -0.421. The van der Waals surface area contributed by atoms with Crippen molar-refractivity contribution in [1.82, 2.24) is 9.80 Å². The van der Waals surface area contributed by atoms with Crippen molar-refractivity contribution < 1.29 is 14.6 Å². The molecule has 122 valence electrons. The molecule has 1 atom stereocenters. The molecule has 0 bridgehead atoms. The molecular formula is C16H30N2O3. The molecule has 0 aromatic heterocycles. The van der Waals surface area contributed by atoms with E-state index >= 15 is 0 Å². The third kappa shape index (κ3) is 4.85. The summed E-state index contributed by atoms with van der Waals surface area (Å²) < 4.78 is 5.43. The number of aliphatic hydroxyl groups excluding tert-OH is 1. The lowest BCUT2D eigenvalue weighted by Crippen LogP contribution is -2.50. The molecule has 1 N–H and O–H groups in total. The maximum atomic E-state index is 12.1. The molecule has 0 aromatic rings. The van der Waals surface area contributed by atoms with Crippen LogP contribution >= 0.6 is 0 Å². The minimum Gasteiger partial charge on any atom is -0.444 e. The number of hydrogen-bond donors (Lipinski definition) is 1. The monoisotopic (exact) mass is 298 g/mol. The molecule has 21 heavy (non-hydrogen) atoms. The van der Waals surface area contributed by atoms with E-state index in [4.69, 9.17) is 4.74 Å². The SMILES string of the molecule is CC(C)(C)OC(=O)N1CCC(N2CCCC(CO)C2)CC1. The Labute approximate surface area is 128 Å². The van der Waals surface area contributed by atoms with Gasteiger partial charge in [-0.2, -0.15) is 0 Å². The van der Waals surface area contributed by atoms with Crippen LogP contribution in [-0.2, 0) is 4.74 Å². The summed E-state index contributed by atoms with van der Waals surface area (Å²) in [6.45, 7) is 9.70. The van der Waals surface area contributed by atoms with Crippen LogP contribution in [-0.4, -0.2) is 65.4 Å². The van der Waals surface area contributed by atoms with E-state index in [0.717, 1.165) is 45.4 Å². The van der Waals surface area contributed by atoms with Gasteiger partial charge >= 0.3 is 6.09 Å². The summed E-state index contributed by atoms with van der Waals surface area (Å²) in [6, 6.07) is 0.554. The van der Waals surface area contributed by atoms with Crippen LogP contribution in [0.3, 0.4) is 0 Å². The van der Waals surface area contributed by atoms with Gasteiger partial charge in [-0.3, -0.25) is 4.90 Å². The number of aliphatic hydroxyl groups is 1. The van der Waals surface area contributed by atoms with E-state index in [-0.39, 0.29) is 6.09 Å². The summed E-state index contributed by atoms with van der Waals surface area (Å²) in [7, 11) is 0. The van der Waals surface area contributed by atoms with E-state index in [1.165, 1.54) is 6.42 Å². The van der Waals surface area contributed by atoms with Crippen molar-refractivity contribution >= 4 is 6.09 Å². The highest BCUT2D eigenvalue weighted by molar-refractivity contribution is 5.68. The fourth-order valence-corrected chi connectivity index (χ4v) is 3.32. The molecule has 2 heterocycles. The number of carbonyl (C=O) groups is 1. The number of piperidine rings is 2. The average Bonchev–Trinajstić information content (AvgIpc) is 2.46. The normalized spacial score (nSPS) is 25.9. The fourth-order valence-electron chi connectivity index (χ4n) is 3.32. The van der Waals surface area contributed by atoms with Crippen LogP contribution in [0, 0.1) is 5.92 Å². The van der Waals surface area contributed by atoms with Gasteiger partial charge in [-0.25, -0.2) is 4.79 Å². The van der Waals surface area contributed by atoms with Crippen LogP contribution in [0.4, 0.5) is 4.79 Å². The number of hydrogen-bond acceptors (Lipinski definition) is 4. The third-order valence-electron chi connectivity index (χ3n) is 4.44. The lowest BCUT2D eigenvalue weighted by Gasteiger charge is -2.42. The maximum Gasteiger partial charge on any atom is 0.410 e. The van der Waals surface area contributed by atoms with Crippen molar-refractivity contribution in [2.24, 2.45) is 5.92 Å². The first-order valence-corrected chi connectivity index (χ1v) is 8.22. The number of likely N-dealkylation sites (tertiary alicyclic amines) is 2. The van der Waals surface area contributed by atoms with Gasteiger partial charge < -0.3 is 14.7 Å². The fraction of sp³-hybridized carbons (Fsp3) is 0.938. The van der Waals surface area contributed by atoms with Crippen molar-refractivity contribution in [3.63, 3.8) is 0 Å². The van der Waals surface area contributed by atoms with Gasteiger partial charge in [-0.15, -0.1) is 0 Å². The second kappa shape index (κ2) is 6.97. The first-order valence-electron chi connectivity index (χ1n) is 8.22. The van der Waals surface area contributed by atoms with Crippen molar-refractivity contribution in [3.05, 3.63) is 0 Å². The molecule has 2 aliphatic heterocycles. The molecule has 5 nitrogen and oxygen atoms in total. The van der Waals surface area contributed by atoms with Gasteiger partial charge in [0.2, 0.25) is 0 Å². The predicted octanol–water partition coefficient (Wildman–Crippen LogP) is 2.09. The molecule has 2 fully saturated rings. The summed E-state index contributed by atoms with van der Waals surface area (Å²) >= 11 is 0. The lowest BCUT2D eigenvalue weighted by molar-refractivity contribution is 0.00928. The Balaban J connectivity index is 1.79. The largest absolute Gasteiger partial charge is 0.444 e. The number of amides is 1. The van der Waals surface area contributed by atoms with Crippen molar-refractivity contribution in [3.8, 4) is 0 Å². The Bertz CT molecular complexity index is 346. The average molecular weight is 298 g/mol. The quantitative estimate of drug-likeness (QED) is 0.848. The summed E-state index contributed by atoms with van der Waals surface area (Å²) in [5.74, 6) is 0.433. The maximum absolute atomic E-state index is 12.1. The second-order valence-electron chi connectivity index (χ2n) is 7.38. The lowest BCUT2D eigenvalue weighted by atomic mass is 9.94. The first-order chi connectivity index (χ1) is 9.89. The number of nitrogens with zero attached hydrogens (tertiary/aromatic N) is 2. The zero-order valence-electron chi connectivity index (χ0n) is 13.7. The Morgan fingerprint density at radius 2 is 1.86 bits per heavy atom. The second-order valence-corrected chi connectivity index (χ2v) is 7.38. The van der Waals surface area contributed by atoms with E-state index in [2.05, 4.69) is 4.90 Å². The van der Waals surface area contributed by atoms with Gasteiger partial charge in [0.1, 0.15) is 5.60 Å². The Morgan fingerprint density at radius 1 is 1.19 bits per heavy atom. The van der Waals surface area contributed by atoms with E-state index in [9.17, 15) is 9.90 Å². The Morgan fingerprint density at radius 3 is 2.43 bits per heavy atom. The summed E-state index contributed by atoms with van der Waals surface area (Å²) in [6.07, 6.45) is 4.16. The zero-order valence-corrected chi connectivity index (χ0v) is 13.7. The molecule has 2 aliphatic rings. The molecule has 2 saturated heterocycles. The molecule has 0 saturated carbocycles. The number of rotatable bonds is 2. The van der Waals surface area contributed by atoms with E-state index in [0.29, 0.717) is 18.6 Å². The summed E-state index contributed by atoms with van der Waals surface area (Å²) in [5, 5.41) is 9.33. The number of carbonyl (C=O) groups excluding carboxylic acids is 1. The molecule has 5 heteroatoms. The minimum absolute atomic E-state index is 0.187. The molecular weight excluding hydrogens is 268 g/mol. The Kier molecular flexibility index (Phi) is 5.49. The standard InChI is InChI=1S/C16H30N2O3/c1-16(2,3)21-15(20)17-9-6-14(7-10-17)18-8-4-5-13(11-18)12-19/h13-14,19H,4-12H2,1-3H3. The molecule has 2 rings (SSSR count). The van der Waals surface area contributed by atoms with Crippen LogP contribution in [0.15, 0.2) is 0 Å². The van der Waals surface area contributed by atoms with Crippen LogP contribution in [0.25, 0.3) is 0 Å².